The molecule has 17 heavy (non-hydrogen) atoms. The zero-order valence-electron chi connectivity index (χ0n) is 10.2. The van der Waals surface area contributed by atoms with Gasteiger partial charge in [0.05, 0.1) is 6.04 Å². The third-order valence-electron chi connectivity index (χ3n) is 2.53. The van der Waals surface area contributed by atoms with Gasteiger partial charge in [-0.15, -0.1) is 5.10 Å². The minimum Gasteiger partial charge on any atom is -0.406 e. The second kappa shape index (κ2) is 4.55. The molecule has 2 aromatic rings. The highest BCUT2D eigenvalue weighted by atomic mass is 16.4. The standard InChI is InChI=1S/C12H16N4O/c1-8-4-6-10(7-5-8)16(3)12-15-14-11(17-12)9(2)13/h4-7,9H,13H2,1-3H3. The fourth-order valence-electron chi connectivity index (χ4n) is 1.42. The van der Waals surface area contributed by atoms with Gasteiger partial charge in [-0.05, 0) is 26.0 Å². The van der Waals surface area contributed by atoms with E-state index < -0.39 is 0 Å². The second-order valence-corrected chi connectivity index (χ2v) is 4.11. The van der Waals surface area contributed by atoms with E-state index in [-0.39, 0.29) is 6.04 Å². The Morgan fingerprint density at radius 1 is 1.24 bits per heavy atom. The third kappa shape index (κ3) is 2.45. The van der Waals surface area contributed by atoms with Crippen LogP contribution in [0.5, 0.6) is 0 Å². The van der Waals surface area contributed by atoms with Crippen LogP contribution >= 0.6 is 0 Å². The molecular formula is C12H16N4O. The molecule has 1 unspecified atom stereocenters. The molecule has 0 saturated carbocycles. The molecule has 5 nitrogen and oxygen atoms in total. The van der Waals surface area contributed by atoms with E-state index in [1.165, 1.54) is 5.56 Å². The largest absolute Gasteiger partial charge is 0.406 e. The number of rotatable bonds is 3. The van der Waals surface area contributed by atoms with E-state index in [2.05, 4.69) is 10.2 Å². The van der Waals surface area contributed by atoms with Gasteiger partial charge >= 0.3 is 6.01 Å². The summed E-state index contributed by atoms with van der Waals surface area (Å²) in [6.07, 6.45) is 0. The Hall–Kier alpha value is -1.88. The molecule has 0 bridgehead atoms. The molecule has 90 valence electrons. The maximum absolute atomic E-state index is 5.67. The van der Waals surface area contributed by atoms with Gasteiger partial charge in [-0.25, -0.2) is 0 Å². The summed E-state index contributed by atoms with van der Waals surface area (Å²) in [6.45, 7) is 3.86. The Labute approximate surface area is 100 Å². The summed E-state index contributed by atoms with van der Waals surface area (Å²) in [4.78, 5) is 1.83. The van der Waals surface area contributed by atoms with Crippen molar-refractivity contribution in [2.24, 2.45) is 5.73 Å². The molecule has 0 aliphatic carbocycles. The average molecular weight is 232 g/mol. The molecule has 0 fully saturated rings. The van der Waals surface area contributed by atoms with Gasteiger partial charge in [0.25, 0.3) is 0 Å². The summed E-state index contributed by atoms with van der Waals surface area (Å²) >= 11 is 0. The zero-order chi connectivity index (χ0) is 12.4. The van der Waals surface area contributed by atoms with Crippen molar-refractivity contribution in [1.82, 2.24) is 10.2 Å². The molecule has 1 heterocycles. The molecule has 0 spiro atoms. The van der Waals surface area contributed by atoms with Crippen LogP contribution in [0.2, 0.25) is 0 Å². The molecule has 2 N–H and O–H groups in total. The molecule has 0 saturated heterocycles. The first kappa shape index (κ1) is 11.6. The van der Waals surface area contributed by atoms with E-state index in [1.54, 1.807) is 0 Å². The summed E-state index contributed by atoms with van der Waals surface area (Å²) in [5.41, 5.74) is 7.88. The molecule has 0 aliphatic heterocycles. The smallest absolute Gasteiger partial charge is 0.322 e. The fraction of sp³-hybridized carbons (Fsp3) is 0.333. The van der Waals surface area contributed by atoms with Crippen LogP contribution in [-0.2, 0) is 0 Å². The monoisotopic (exact) mass is 232 g/mol. The van der Waals surface area contributed by atoms with Gasteiger partial charge in [0, 0.05) is 12.7 Å². The summed E-state index contributed by atoms with van der Waals surface area (Å²) in [5.74, 6) is 0.443. The van der Waals surface area contributed by atoms with Crippen molar-refractivity contribution < 1.29 is 4.42 Å². The summed E-state index contributed by atoms with van der Waals surface area (Å²) in [7, 11) is 1.88. The molecule has 5 heteroatoms. The lowest BCUT2D eigenvalue weighted by Crippen LogP contribution is -2.09. The molecule has 0 amide bonds. The van der Waals surface area contributed by atoms with Gasteiger partial charge < -0.3 is 10.2 Å². The molecule has 1 aromatic carbocycles. The van der Waals surface area contributed by atoms with Crippen molar-refractivity contribution in [3.05, 3.63) is 35.7 Å². The van der Waals surface area contributed by atoms with E-state index >= 15 is 0 Å². The average Bonchev–Trinajstić information content (AvgIpc) is 2.78. The zero-order valence-corrected chi connectivity index (χ0v) is 10.2. The topological polar surface area (TPSA) is 68.2 Å². The number of nitrogens with zero attached hydrogens (tertiary/aromatic N) is 3. The second-order valence-electron chi connectivity index (χ2n) is 4.11. The van der Waals surface area contributed by atoms with E-state index in [1.807, 2.05) is 50.1 Å². The Morgan fingerprint density at radius 2 is 1.88 bits per heavy atom. The van der Waals surface area contributed by atoms with Crippen LogP contribution in [0.15, 0.2) is 28.7 Å². The van der Waals surface area contributed by atoms with Gasteiger partial charge in [0.1, 0.15) is 0 Å². The fourth-order valence-corrected chi connectivity index (χ4v) is 1.42. The quantitative estimate of drug-likeness (QED) is 0.878. The first-order valence-electron chi connectivity index (χ1n) is 5.47. The van der Waals surface area contributed by atoms with Crippen molar-refractivity contribution in [2.75, 3.05) is 11.9 Å². The van der Waals surface area contributed by atoms with Crippen molar-refractivity contribution in [1.29, 1.82) is 0 Å². The van der Waals surface area contributed by atoms with Crippen LogP contribution in [0.1, 0.15) is 24.4 Å². The highest BCUT2D eigenvalue weighted by molar-refractivity contribution is 5.55. The minimum atomic E-state index is -0.248. The number of hydrogen-bond acceptors (Lipinski definition) is 5. The van der Waals surface area contributed by atoms with Gasteiger partial charge in [0.15, 0.2) is 0 Å². The Morgan fingerprint density at radius 3 is 2.41 bits per heavy atom. The van der Waals surface area contributed by atoms with Crippen molar-refractivity contribution >= 4 is 11.7 Å². The maximum atomic E-state index is 5.67. The third-order valence-corrected chi connectivity index (χ3v) is 2.53. The van der Waals surface area contributed by atoms with Gasteiger partial charge in [-0.2, -0.15) is 0 Å². The lowest BCUT2D eigenvalue weighted by Gasteiger charge is -2.13. The lowest BCUT2D eigenvalue weighted by molar-refractivity contribution is 0.467. The van der Waals surface area contributed by atoms with E-state index in [0.29, 0.717) is 11.9 Å². The molecular weight excluding hydrogens is 216 g/mol. The lowest BCUT2D eigenvalue weighted by atomic mass is 10.2. The number of benzene rings is 1. The minimum absolute atomic E-state index is 0.248. The van der Waals surface area contributed by atoms with Gasteiger partial charge in [-0.1, -0.05) is 22.8 Å². The Balaban J connectivity index is 2.24. The molecule has 2 rings (SSSR count). The number of nitrogens with two attached hydrogens (primary N) is 1. The molecule has 0 radical (unpaired) electrons. The summed E-state index contributed by atoms with van der Waals surface area (Å²) in [5, 5.41) is 7.86. The highest BCUT2D eigenvalue weighted by Crippen LogP contribution is 2.23. The SMILES string of the molecule is Cc1ccc(N(C)c2nnc(C(C)N)o2)cc1. The van der Waals surface area contributed by atoms with Gasteiger partial charge in [0.2, 0.25) is 5.89 Å². The van der Waals surface area contributed by atoms with E-state index in [9.17, 15) is 0 Å². The predicted molar refractivity (Wildman–Crippen MR) is 66.1 cm³/mol. The number of anilines is 2. The Kier molecular flexibility index (Phi) is 3.10. The van der Waals surface area contributed by atoms with Crippen molar-refractivity contribution in [3.63, 3.8) is 0 Å². The highest BCUT2D eigenvalue weighted by Gasteiger charge is 2.14. The van der Waals surface area contributed by atoms with Crippen LogP contribution < -0.4 is 10.6 Å². The van der Waals surface area contributed by atoms with E-state index in [0.717, 1.165) is 5.69 Å². The van der Waals surface area contributed by atoms with Crippen molar-refractivity contribution in [2.45, 2.75) is 19.9 Å². The maximum Gasteiger partial charge on any atom is 0.322 e. The summed E-state index contributed by atoms with van der Waals surface area (Å²) < 4.78 is 5.47. The van der Waals surface area contributed by atoms with E-state index in [4.69, 9.17) is 10.2 Å². The molecule has 1 aromatic heterocycles. The van der Waals surface area contributed by atoms with Gasteiger partial charge in [-0.3, -0.25) is 4.90 Å². The Bertz CT molecular complexity index is 489. The van der Waals surface area contributed by atoms with Crippen LogP contribution in [0.25, 0.3) is 0 Å². The summed E-state index contributed by atoms with van der Waals surface area (Å²) in [6, 6.07) is 8.28. The molecule has 0 aliphatic rings. The van der Waals surface area contributed by atoms with Crippen LogP contribution in [0.3, 0.4) is 0 Å². The first-order chi connectivity index (χ1) is 8.08. The normalized spacial score (nSPS) is 12.5. The van der Waals surface area contributed by atoms with Crippen molar-refractivity contribution in [3.8, 4) is 0 Å². The van der Waals surface area contributed by atoms with Crippen LogP contribution in [0.4, 0.5) is 11.7 Å². The first-order valence-corrected chi connectivity index (χ1v) is 5.47. The number of hydrogen-bond donors (Lipinski definition) is 1. The molecule has 1 atom stereocenters. The van der Waals surface area contributed by atoms with Crippen LogP contribution in [-0.4, -0.2) is 17.2 Å². The number of aryl methyl sites for hydroxylation is 1. The predicted octanol–water partition coefficient (Wildman–Crippen LogP) is 2.17. The van der Waals surface area contributed by atoms with Crippen LogP contribution in [0, 0.1) is 6.92 Å². The number of aromatic nitrogens is 2.